The van der Waals surface area contributed by atoms with Crippen molar-refractivity contribution in [3.8, 4) is 0 Å². The van der Waals surface area contributed by atoms with Crippen molar-refractivity contribution in [1.82, 2.24) is 9.55 Å². The standard InChI is InChI=1S/C10H16B3FN2O5S/c1-3-2-16(7(22)15-6(3)19)9(11)5(18)4(17)8(14,21-9)10(12,13)20/h2,4-5,17-18,20H,11-13H2,1H3,(H,15,19,22)/t4-,5+,8-,9-/m0/s1. The Kier molecular flexibility index (Phi) is 3.99. The molecule has 0 unspecified atom stereocenters. The number of halogens is 1. The Morgan fingerprint density at radius 3 is 2.50 bits per heavy atom. The number of aromatic amines is 1. The zero-order valence-corrected chi connectivity index (χ0v) is 13.4. The van der Waals surface area contributed by atoms with Crippen LogP contribution < -0.4 is 5.56 Å². The van der Waals surface area contributed by atoms with Gasteiger partial charge in [0.1, 0.15) is 33.5 Å². The molecule has 0 bridgehead atoms. The summed E-state index contributed by atoms with van der Waals surface area (Å²) in [7, 11) is 3.54. The van der Waals surface area contributed by atoms with Gasteiger partial charge >= 0.3 is 0 Å². The molecular formula is C10H16B3FN2O5S. The fourth-order valence-corrected chi connectivity index (χ4v) is 2.82. The lowest BCUT2D eigenvalue weighted by Crippen LogP contribution is -2.59. The van der Waals surface area contributed by atoms with Crippen LogP contribution in [0.2, 0.25) is 0 Å². The first-order chi connectivity index (χ1) is 9.84. The molecule has 1 aliphatic heterocycles. The van der Waals surface area contributed by atoms with Crippen molar-refractivity contribution in [2.45, 2.75) is 36.0 Å². The highest BCUT2D eigenvalue weighted by atomic mass is 32.1. The molecule has 2 heterocycles. The maximum atomic E-state index is 15.0. The van der Waals surface area contributed by atoms with E-state index in [1.54, 1.807) is 0 Å². The third-order valence-corrected chi connectivity index (χ3v) is 4.31. The molecule has 7 nitrogen and oxygen atoms in total. The summed E-state index contributed by atoms with van der Waals surface area (Å²) in [5.41, 5.74) is -1.97. The molecular weight excluding hydrogens is 312 g/mol. The molecule has 1 aromatic heterocycles. The molecule has 2 rings (SSSR count). The highest BCUT2D eigenvalue weighted by molar-refractivity contribution is 7.71. The van der Waals surface area contributed by atoms with Gasteiger partial charge in [0.25, 0.3) is 11.4 Å². The zero-order valence-electron chi connectivity index (χ0n) is 12.6. The fourth-order valence-electron chi connectivity index (χ4n) is 2.49. The first-order valence-electron chi connectivity index (χ1n) is 6.65. The van der Waals surface area contributed by atoms with Crippen LogP contribution in [-0.4, -0.2) is 71.9 Å². The normalized spacial score (nSPS) is 35.7. The molecule has 12 heteroatoms. The number of aliphatic hydroxyl groups excluding tert-OH is 2. The molecule has 4 N–H and O–H groups in total. The largest absolute Gasteiger partial charge is 0.402 e. The van der Waals surface area contributed by atoms with Crippen LogP contribution in [0.1, 0.15) is 5.56 Å². The second-order valence-electron chi connectivity index (χ2n) is 6.19. The van der Waals surface area contributed by atoms with Gasteiger partial charge in [-0.3, -0.25) is 9.78 Å². The van der Waals surface area contributed by atoms with Gasteiger partial charge in [-0.1, -0.05) is 0 Å². The van der Waals surface area contributed by atoms with Gasteiger partial charge in [-0.15, -0.1) is 0 Å². The zero-order chi connectivity index (χ0) is 17.1. The summed E-state index contributed by atoms with van der Waals surface area (Å²) in [6.07, 6.45) is -2.43. The van der Waals surface area contributed by atoms with E-state index >= 15 is 0 Å². The van der Waals surface area contributed by atoms with Crippen LogP contribution in [0.3, 0.4) is 0 Å². The van der Waals surface area contributed by atoms with E-state index in [9.17, 15) is 24.5 Å². The van der Waals surface area contributed by atoms with Crippen molar-refractivity contribution in [3.05, 3.63) is 26.9 Å². The van der Waals surface area contributed by atoms with Gasteiger partial charge in [0, 0.05) is 11.8 Å². The third-order valence-electron chi connectivity index (χ3n) is 4.02. The topological polar surface area (TPSA) is 108 Å². The second kappa shape index (κ2) is 5.03. The van der Waals surface area contributed by atoms with Crippen LogP contribution in [0.25, 0.3) is 0 Å². The van der Waals surface area contributed by atoms with E-state index < -0.39 is 34.6 Å². The summed E-state index contributed by atoms with van der Waals surface area (Å²) < 4.78 is 21.2. The molecule has 22 heavy (non-hydrogen) atoms. The highest BCUT2D eigenvalue weighted by Crippen LogP contribution is 2.44. The minimum absolute atomic E-state index is 0.107. The lowest BCUT2D eigenvalue weighted by atomic mass is 9.59. The Bertz CT molecular complexity index is 722. The van der Waals surface area contributed by atoms with E-state index in [4.69, 9.17) is 17.0 Å². The van der Waals surface area contributed by atoms with E-state index in [1.165, 1.54) is 21.0 Å². The molecule has 1 saturated heterocycles. The van der Waals surface area contributed by atoms with Crippen molar-refractivity contribution in [3.63, 3.8) is 0 Å². The Morgan fingerprint density at radius 1 is 1.50 bits per heavy atom. The maximum Gasteiger partial charge on any atom is 0.254 e. The Labute approximate surface area is 133 Å². The molecule has 118 valence electrons. The van der Waals surface area contributed by atoms with Gasteiger partial charge in [-0.25, -0.2) is 4.39 Å². The number of rotatable bonds is 2. The predicted octanol–water partition coefficient (Wildman–Crippen LogP) is -4.21. The molecule has 1 aliphatic rings. The van der Waals surface area contributed by atoms with Gasteiger partial charge < -0.3 is 24.6 Å². The molecule has 0 aromatic carbocycles. The number of ether oxygens (including phenoxy) is 1. The van der Waals surface area contributed by atoms with Crippen LogP contribution in [0, 0.1) is 11.7 Å². The molecule has 0 aliphatic carbocycles. The number of aromatic nitrogens is 2. The van der Waals surface area contributed by atoms with Crippen LogP contribution in [-0.2, 0) is 10.4 Å². The first-order valence-corrected chi connectivity index (χ1v) is 7.06. The van der Waals surface area contributed by atoms with Crippen LogP contribution >= 0.6 is 12.2 Å². The van der Waals surface area contributed by atoms with E-state index in [0.29, 0.717) is 0 Å². The van der Waals surface area contributed by atoms with Crippen molar-refractivity contribution in [2.75, 3.05) is 0 Å². The SMILES string of the molecule is BC(B)(O)[C@@]1(F)O[C@@](B)(n2cc(C)c(=O)[nH]c2=S)[C@H](O)[C@@H]1O. The van der Waals surface area contributed by atoms with Crippen LogP contribution in [0.5, 0.6) is 0 Å². The Morgan fingerprint density at radius 2 is 2.05 bits per heavy atom. The number of H-pyrrole nitrogens is 1. The number of nitrogens with one attached hydrogen (secondary N) is 1. The van der Waals surface area contributed by atoms with Gasteiger partial charge in [0.15, 0.2) is 12.6 Å². The third kappa shape index (κ3) is 2.30. The summed E-state index contributed by atoms with van der Waals surface area (Å²) >= 11 is 5.02. The maximum absolute atomic E-state index is 15.0. The number of alkyl halides is 1. The number of aliphatic hydroxyl groups is 3. The van der Waals surface area contributed by atoms with Crippen molar-refractivity contribution in [2.24, 2.45) is 0 Å². The first kappa shape index (κ1) is 17.4. The average molecular weight is 328 g/mol. The highest BCUT2D eigenvalue weighted by Gasteiger charge is 2.66. The number of aryl methyl sites for hydroxylation is 1. The number of nitrogens with zero attached hydrogens (tertiary/aromatic N) is 1. The molecule has 1 aromatic rings. The van der Waals surface area contributed by atoms with Gasteiger partial charge in [-0.2, -0.15) is 0 Å². The quantitative estimate of drug-likeness (QED) is 0.324. The summed E-state index contributed by atoms with van der Waals surface area (Å²) in [6.45, 7) is 1.50. The smallest absolute Gasteiger partial charge is 0.254 e. The average Bonchev–Trinajstić information content (AvgIpc) is 2.56. The summed E-state index contributed by atoms with van der Waals surface area (Å²) in [5, 5.41) is 28.2. The summed E-state index contributed by atoms with van der Waals surface area (Å²) in [5.74, 6) is -2.92. The van der Waals surface area contributed by atoms with E-state index in [-0.39, 0.29) is 10.3 Å². The van der Waals surface area contributed by atoms with Gasteiger partial charge in [0.2, 0.25) is 0 Å². The Balaban J connectivity index is 2.64. The molecule has 0 spiro atoms. The van der Waals surface area contributed by atoms with E-state index in [2.05, 4.69) is 4.98 Å². The molecule has 0 radical (unpaired) electrons. The summed E-state index contributed by atoms with van der Waals surface area (Å²) in [6, 6.07) is 0. The van der Waals surface area contributed by atoms with Gasteiger partial charge in [-0.05, 0) is 19.1 Å². The molecule has 0 saturated carbocycles. The number of hydrogen-bond donors (Lipinski definition) is 4. The summed E-state index contributed by atoms with van der Waals surface area (Å²) in [4.78, 5) is 13.9. The van der Waals surface area contributed by atoms with Crippen molar-refractivity contribution < 1.29 is 24.4 Å². The monoisotopic (exact) mass is 328 g/mol. The van der Waals surface area contributed by atoms with E-state index in [0.717, 1.165) is 20.3 Å². The molecule has 4 atom stereocenters. The minimum Gasteiger partial charge on any atom is -0.402 e. The molecule has 1 fully saturated rings. The second-order valence-corrected chi connectivity index (χ2v) is 6.58. The van der Waals surface area contributed by atoms with Gasteiger partial charge in [0.05, 0.1) is 5.40 Å². The van der Waals surface area contributed by atoms with Crippen LogP contribution in [0.4, 0.5) is 4.39 Å². The predicted molar refractivity (Wildman–Crippen MR) is 86.1 cm³/mol. The van der Waals surface area contributed by atoms with Crippen molar-refractivity contribution in [1.29, 1.82) is 0 Å². The minimum atomic E-state index is -2.92. The molecule has 0 amide bonds. The number of hydrogen-bond acceptors (Lipinski definition) is 6. The lowest BCUT2D eigenvalue weighted by molar-refractivity contribution is -0.242. The van der Waals surface area contributed by atoms with Crippen molar-refractivity contribution >= 4 is 35.8 Å². The van der Waals surface area contributed by atoms with Crippen LogP contribution in [0.15, 0.2) is 11.0 Å². The lowest BCUT2D eigenvalue weighted by Gasteiger charge is -2.37. The van der Waals surface area contributed by atoms with E-state index in [1.807, 2.05) is 0 Å². The fraction of sp³-hybridized carbons (Fsp3) is 0.600. The Hall–Kier alpha value is -0.935.